The van der Waals surface area contributed by atoms with Crippen molar-refractivity contribution < 1.29 is 4.79 Å². The molecule has 0 aliphatic rings. The highest BCUT2D eigenvalue weighted by Gasteiger charge is 2.19. The molecule has 3 aromatic rings. The van der Waals surface area contributed by atoms with Gasteiger partial charge >= 0.3 is 0 Å². The van der Waals surface area contributed by atoms with Crippen molar-refractivity contribution in [3.8, 4) is 5.69 Å². The van der Waals surface area contributed by atoms with Crippen molar-refractivity contribution in [1.82, 2.24) is 15.0 Å². The predicted molar refractivity (Wildman–Crippen MR) is 90.1 cm³/mol. The molecule has 0 aliphatic heterocycles. The molecule has 3 rings (SSSR count). The number of carbonyl (C=O) groups excluding carboxylic acids is 1. The summed E-state index contributed by atoms with van der Waals surface area (Å²) in [6, 6.07) is 16.6. The smallest absolute Gasteiger partial charge is 0.278 e. The molecule has 0 bridgehead atoms. The van der Waals surface area contributed by atoms with Gasteiger partial charge in [0.15, 0.2) is 5.69 Å². The minimum absolute atomic E-state index is 0.286. The fourth-order valence-electron chi connectivity index (χ4n) is 2.30. The Balaban J connectivity index is 1.89. The van der Waals surface area contributed by atoms with Gasteiger partial charge in [-0.2, -0.15) is 0 Å². The summed E-state index contributed by atoms with van der Waals surface area (Å²) >= 11 is 5.85. The van der Waals surface area contributed by atoms with E-state index in [0.29, 0.717) is 22.8 Å². The van der Waals surface area contributed by atoms with Gasteiger partial charge in [-0.3, -0.25) is 4.79 Å². The molecule has 5 nitrogen and oxygen atoms in total. The van der Waals surface area contributed by atoms with E-state index in [9.17, 15) is 4.79 Å². The number of nitrogens with zero attached hydrogens (tertiary/aromatic N) is 3. The maximum absolute atomic E-state index is 12.5. The lowest BCUT2D eigenvalue weighted by atomic mass is 10.2. The Morgan fingerprint density at radius 1 is 1.13 bits per heavy atom. The summed E-state index contributed by atoms with van der Waals surface area (Å²) in [6.07, 6.45) is 0.644. The molecule has 0 fully saturated rings. The van der Waals surface area contributed by atoms with Gasteiger partial charge in [-0.15, -0.1) is 5.10 Å². The monoisotopic (exact) mass is 326 g/mol. The molecule has 2 aromatic carbocycles. The summed E-state index contributed by atoms with van der Waals surface area (Å²) < 4.78 is 1.69. The van der Waals surface area contributed by atoms with Crippen molar-refractivity contribution in [1.29, 1.82) is 0 Å². The number of para-hydroxylation sites is 1. The van der Waals surface area contributed by atoms with Gasteiger partial charge in [0.1, 0.15) is 0 Å². The van der Waals surface area contributed by atoms with E-state index in [-0.39, 0.29) is 5.91 Å². The highest BCUT2D eigenvalue weighted by molar-refractivity contribution is 6.30. The van der Waals surface area contributed by atoms with E-state index in [4.69, 9.17) is 11.6 Å². The zero-order chi connectivity index (χ0) is 16.2. The third-order valence-electron chi connectivity index (χ3n) is 3.42. The summed E-state index contributed by atoms with van der Waals surface area (Å²) in [5.41, 5.74) is 2.63. The first kappa shape index (κ1) is 15.2. The van der Waals surface area contributed by atoms with E-state index < -0.39 is 0 Å². The van der Waals surface area contributed by atoms with Crippen molar-refractivity contribution in [2.75, 3.05) is 5.32 Å². The normalized spacial score (nSPS) is 10.5. The SMILES string of the molecule is CCc1c(C(=O)Nc2ccc(Cl)cc2)nnn1-c1ccccc1. The fourth-order valence-corrected chi connectivity index (χ4v) is 2.42. The number of anilines is 1. The average molecular weight is 327 g/mol. The van der Waals surface area contributed by atoms with Crippen LogP contribution in [0.3, 0.4) is 0 Å². The van der Waals surface area contributed by atoms with Crippen LogP contribution < -0.4 is 5.32 Å². The van der Waals surface area contributed by atoms with Crippen LogP contribution in [0.2, 0.25) is 5.02 Å². The van der Waals surface area contributed by atoms with Crippen LogP contribution >= 0.6 is 11.6 Å². The van der Waals surface area contributed by atoms with Crippen molar-refractivity contribution >= 4 is 23.2 Å². The summed E-state index contributed by atoms with van der Waals surface area (Å²) in [6.45, 7) is 1.97. The number of hydrogen-bond acceptors (Lipinski definition) is 3. The van der Waals surface area contributed by atoms with Crippen molar-refractivity contribution in [2.24, 2.45) is 0 Å². The van der Waals surface area contributed by atoms with Crippen LogP contribution in [0.1, 0.15) is 23.1 Å². The summed E-state index contributed by atoms with van der Waals surface area (Å²) in [4.78, 5) is 12.5. The maximum atomic E-state index is 12.5. The van der Waals surface area contributed by atoms with E-state index in [1.165, 1.54) is 0 Å². The minimum atomic E-state index is -0.286. The molecule has 0 spiro atoms. The Hall–Kier alpha value is -2.66. The molecule has 0 radical (unpaired) electrons. The van der Waals surface area contributed by atoms with Crippen LogP contribution in [0, 0.1) is 0 Å². The number of nitrogens with one attached hydrogen (secondary N) is 1. The van der Waals surface area contributed by atoms with Gasteiger partial charge in [-0.25, -0.2) is 4.68 Å². The van der Waals surface area contributed by atoms with Crippen LogP contribution in [0.15, 0.2) is 54.6 Å². The maximum Gasteiger partial charge on any atom is 0.278 e. The second-order valence-electron chi connectivity index (χ2n) is 4.95. The summed E-state index contributed by atoms with van der Waals surface area (Å²) in [5, 5.41) is 11.6. The van der Waals surface area contributed by atoms with E-state index in [1.807, 2.05) is 37.3 Å². The van der Waals surface area contributed by atoms with Crippen molar-refractivity contribution in [2.45, 2.75) is 13.3 Å². The molecule has 116 valence electrons. The topological polar surface area (TPSA) is 59.8 Å². The quantitative estimate of drug-likeness (QED) is 0.794. The van der Waals surface area contributed by atoms with Gasteiger partial charge in [0.2, 0.25) is 0 Å². The summed E-state index contributed by atoms with van der Waals surface area (Å²) in [7, 11) is 0. The Bertz CT molecular complexity index is 812. The average Bonchev–Trinajstić information content (AvgIpc) is 3.02. The van der Waals surface area contributed by atoms with Crippen LogP contribution in [-0.2, 0) is 6.42 Å². The number of halogens is 1. The molecule has 0 saturated carbocycles. The second-order valence-corrected chi connectivity index (χ2v) is 5.38. The van der Waals surface area contributed by atoms with Crippen molar-refractivity contribution in [3.05, 3.63) is 71.0 Å². The molecular formula is C17H15ClN4O. The Morgan fingerprint density at radius 3 is 2.48 bits per heavy atom. The fraction of sp³-hybridized carbons (Fsp3) is 0.118. The van der Waals surface area contributed by atoms with Gasteiger partial charge in [-0.05, 0) is 42.8 Å². The Morgan fingerprint density at radius 2 is 1.83 bits per heavy atom. The molecule has 0 atom stereocenters. The van der Waals surface area contributed by atoms with Gasteiger partial charge in [0, 0.05) is 10.7 Å². The number of benzene rings is 2. The van der Waals surface area contributed by atoms with Crippen molar-refractivity contribution in [3.63, 3.8) is 0 Å². The molecule has 0 saturated heterocycles. The third-order valence-corrected chi connectivity index (χ3v) is 3.67. The lowest BCUT2D eigenvalue weighted by molar-refractivity contribution is 0.102. The highest BCUT2D eigenvalue weighted by atomic mass is 35.5. The number of rotatable bonds is 4. The minimum Gasteiger partial charge on any atom is -0.321 e. The highest BCUT2D eigenvalue weighted by Crippen LogP contribution is 2.17. The number of aromatic nitrogens is 3. The van der Waals surface area contributed by atoms with Gasteiger partial charge in [0.05, 0.1) is 11.4 Å². The van der Waals surface area contributed by atoms with E-state index in [2.05, 4.69) is 15.6 Å². The molecule has 1 aromatic heterocycles. The zero-order valence-corrected chi connectivity index (χ0v) is 13.3. The first-order chi connectivity index (χ1) is 11.2. The molecule has 23 heavy (non-hydrogen) atoms. The molecule has 1 N–H and O–H groups in total. The number of hydrogen-bond donors (Lipinski definition) is 1. The molecule has 1 heterocycles. The van der Waals surface area contributed by atoms with Gasteiger partial charge < -0.3 is 5.32 Å². The summed E-state index contributed by atoms with van der Waals surface area (Å²) in [5.74, 6) is -0.286. The first-order valence-electron chi connectivity index (χ1n) is 7.26. The van der Waals surface area contributed by atoms with Crippen LogP contribution in [-0.4, -0.2) is 20.9 Å². The van der Waals surface area contributed by atoms with Crippen LogP contribution in [0.4, 0.5) is 5.69 Å². The molecule has 6 heteroatoms. The Labute approximate surface area is 138 Å². The molecule has 0 unspecified atom stereocenters. The van der Waals surface area contributed by atoms with Gasteiger partial charge in [0.25, 0.3) is 5.91 Å². The van der Waals surface area contributed by atoms with Crippen LogP contribution in [0.25, 0.3) is 5.69 Å². The van der Waals surface area contributed by atoms with E-state index in [0.717, 1.165) is 11.4 Å². The van der Waals surface area contributed by atoms with E-state index in [1.54, 1.807) is 28.9 Å². The van der Waals surface area contributed by atoms with Gasteiger partial charge in [-0.1, -0.05) is 41.9 Å². The zero-order valence-electron chi connectivity index (χ0n) is 12.5. The molecule has 1 amide bonds. The predicted octanol–water partition coefficient (Wildman–Crippen LogP) is 3.74. The first-order valence-corrected chi connectivity index (χ1v) is 7.63. The standard InChI is InChI=1S/C17H15ClN4O/c1-2-15-16(17(23)19-13-10-8-12(18)9-11-13)20-21-22(15)14-6-4-3-5-7-14/h3-11H,2H2,1H3,(H,19,23). The number of amides is 1. The number of carbonyl (C=O) groups is 1. The lowest BCUT2D eigenvalue weighted by Gasteiger charge is -2.07. The largest absolute Gasteiger partial charge is 0.321 e. The Kier molecular flexibility index (Phi) is 4.39. The van der Waals surface area contributed by atoms with E-state index >= 15 is 0 Å². The van der Waals surface area contributed by atoms with Crippen LogP contribution in [0.5, 0.6) is 0 Å². The lowest BCUT2D eigenvalue weighted by Crippen LogP contribution is -2.15. The molecular weight excluding hydrogens is 312 g/mol. The third kappa shape index (κ3) is 3.24. The molecule has 0 aliphatic carbocycles. The second kappa shape index (κ2) is 6.62.